The number of nitrogens with zero attached hydrogens (tertiary/aromatic N) is 1. The maximum atomic E-state index is 13.3. The Bertz CT molecular complexity index is 1060. The quantitative estimate of drug-likeness (QED) is 0.705. The predicted molar refractivity (Wildman–Crippen MR) is 101 cm³/mol. The van der Waals surface area contributed by atoms with E-state index in [1.165, 1.54) is 42.0 Å². The maximum absolute atomic E-state index is 13.3. The summed E-state index contributed by atoms with van der Waals surface area (Å²) in [5.74, 6) is -0.834. The van der Waals surface area contributed by atoms with Crippen molar-refractivity contribution in [1.82, 2.24) is 4.57 Å². The highest BCUT2D eigenvalue weighted by atomic mass is 19.1. The monoisotopic (exact) mass is 364 g/mol. The van der Waals surface area contributed by atoms with Crippen LogP contribution in [0.1, 0.15) is 33.2 Å². The minimum Gasteiger partial charge on any atom is -0.322 e. The number of amides is 1. The highest BCUT2D eigenvalue weighted by Gasteiger charge is 2.09. The van der Waals surface area contributed by atoms with Gasteiger partial charge in [-0.3, -0.25) is 14.4 Å². The molecular weight excluding hydrogens is 347 g/mol. The molecule has 0 bridgehead atoms. The molecule has 136 valence electrons. The van der Waals surface area contributed by atoms with Crippen LogP contribution in [-0.2, 0) is 6.54 Å². The Balaban J connectivity index is 1.79. The molecule has 1 N–H and O–H groups in total. The van der Waals surface area contributed by atoms with Crippen LogP contribution in [-0.4, -0.2) is 16.3 Å². The number of rotatable bonds is 5. The summed E-state index contributed by atoms with van der Waals surface area (Å²) in [4.78, 5) is 35.8. The molecule has 0 unspecified atom stereocenters. The third kappa shape index (κ3) is 4.55. The van der Waals surface area contributed by atoms with E-state index in [1.54, 1.807) is 36.4 Å². The molecule has 0 radical (unpaired) electrons. The largest absolute Gasteiger partial charge is 0.322 e. The summed E-state index contributed by atoms with van der Waals surface area (Å²) < 4.78 is 14.7. The van der Waals surface area contributed by atoms with Crippen LogP contribution < -0.4 is 10.9 Å². The number of Topliss-reactive ketones (excluding diaryl/α,β-unsaturated/α-hetero) is 1. The number of carbonyl (C=O) groups excluding carboxylic acids is 2. The van der Waals surface area contributed by atoms with Gasteiger partial charge in [-0.1, -0.05) is 12.1 Å². The van der Waals surface area contributed by atoms with Gasteiger partial charge in [0.2, 0.25) is 0 Å². The van der Waals surface area contributed by atoms with Crippen LogP contribution in [0, 0.1) is 5.82 Å². The van der Waals surface area contributed by atoms with Crippen molar-refractivity contribution in [3.05, 3.63) is 99.7 Å². The van der Waals surface area contributed by atoms with Gasteiger partial charge in [0, 0.05) is 23.5 Å². The fraction of sp³-hybridized carbons (Fsp3) is 0.0952. The Morgan fingerprint density at radius 3 is 2.37 bits per heavy atom. The fourth-order valence-electron chi connectivity index (χ4n) is 2.61. The minimum atomic E-state index is -0.390. The van der Waals surface area contributed by atoms with Crippen molar-refractivity contribution in [3.63, 3.8) is 0 Å². The van der Waals surface area contributed by atoms with Crippen LogP contribution >= 0.6 is 0 Å². The second kappa shape index (κ2) is 7.78. The van der Waals surface area contributed by atoms with Crippen LogP contribution in [0.3, 0.4) is 0 Å². The lowest BCUT2D eigenvalue weighted by molar-refractivity contribution is 0.101. The average Bonchev–Trinajstić information content (AvgIpc) is 2.64. The molecule has 3 rings (SSSR count). The summed E-state index contributed by atoms with van der Waals surface area (Å²) in [6.07, 6.45) is 1.44. The molecule has 27 heavy (non-hydrogen) atoms. The molecular formula is C21H17FN2O3. The molecule has 0 fully saturated rings. The van der Waals surface area contributed by atoms with Crippen LogP contribution in [0.15, 0.2) is 71.7 Å². The number of nitrogens with one attached hydrogen (secondary N) is 1. The molecule has 0 spiro atoms. The second-order valence-corrected chi connectivity index (χ2v) is 6.10. The topological polar surface area (TPSA) is 68.2 Å². The van der Waals surface area contributed by atoms with Gasteiger partial charge in [0.1, 0.15) is 5.82 Å². The number of hydrogen-bond donors (Lipinski definition) is 1. The van der Waals surface area contributed by atoms with E-state index in [1.807, 2.05) is 0 Å². The standard InChI is InChI=1S/C21H17FN2O3/c1-14(25)16-5-8-19(9-6-16)23-21(27)17-7-10-20(26)24(13-17)12-15-3-2-4-18(22)11-15/h2-11,13H,12H2,1H3,(H,23,27). The number of anilines is 1. The first-order valence-electron chi connectivity index (χ1n) is 8.30. The van der Waals surface area contributed by atoms with Gasteiger partial charge in [-0.25, -0.2) is 4.39 Å². The van der Waals surface area contributed by atoms with E-state index in [9.17, 15) is 18.8 Å². The van der Waals surface area contributed by atoms with Crippen LogP contribution in [0.4, 0.5) is 10.1 Å². The minimum absolute atomic E-state index is 0.0581. The van der Waals surface area contributed by atoms with Crippen molar-refractivity contribution in [2.24, 2.45) is 0 Å². The van der Waals surface area contributed by atoms with Gasteiger partial charge < -0.3 is 9.88 Å². The zero-order chi connectivity index (χ0) is 19.4. The van der Waals surface area contributed by atoms with Gasteiger partial charge in [-0.15, -0.1) is 0 Å². The van der Waals surface area contributed by atoms with E-state index in [4.69, 9.17) is 0 Å². The van der Waals surface area contributed by atoms with Crippen molar-refractivity contribution in [1.29, 1.82) is 0 Å². The number of benzene rings is 2. The molecule has 0 atom stereocenters. The SMILES string of the molecule is CC(=O)c1ccc(NC(=O)c2ccc(=O)n(Cc3cccc(F)c3)c2)cc1. The number of ketones is 1. The molecule has 5 nitrogen and oxygen atoms in total. The highest BCUT2D eigenvalue weighted by molar-refractivity contribution is 6.04. The Morgan fingerprint density at radius 1 is 1.00 bits per heavy atom. The van der Waals surface area contributed by atoms with Crippen LogP contribution in [0.25, 0.3) is 0 Å². The zero-order valence-electron chi connectivity index (χ0n) is 14.6. The summed E-state index contributed by atoms with van der Waals surface area (Å²) in [7, 11) is 0. The van der Waals surface area contributed by atoms with E-state index in [0.29, 0.717) is 22.4 Å². The van der Waals surface area contributed by atoms with Gasteiger partial charge in [0.05, 0.1) is 12.1 Å². The summed E-state index contributed by atoms with van der Waals surface area (Å²) in [6, 6.07) is 15.2. The smallest absolute Gasteiger partial charge is 0.257 e. The predicted octanol–water partition coefficient (Wildman–Crippen LogP) is 3.49. The molecule has 3 aromatic rings. The lowest BCUT2D eigenvalue weighted by Gasteiger charge is -2.10. The highest BCUT2D eigenvalue weighted by Crippen LogP contribution is 2.12. The zero-order valence-corrected chi connectivity index (χ0v) is 14.6. The Hall–Kier alpha value is -3.54. The number of halogens is 1. The van der Waals surface area contributed by atoms with E-state index in [-0.39, 0.29) is 23.7 Å². The maximum Gasteiger partial charge on any atom is 0.257 e. The number of carbonyl (C=O) groups is 2. The lowest BCUT2D eigenvalue weighted by atomic mass is 10.1. The Morgan fingerprint density at radius 2 is 1.70 bits per heavy atom. The van der Waals surface area contributed by atoms with Crippen LogP contribution in [0.5, 0.6) is 0 Å². The fourth-order valence-corrected chi connectivity index (χ4v) is 2.61. The molecule has 0 saturated carbocycles. The molecule has 1 heterocycles. The van der Waals surface area contributed by atoms with Crippen molar-refractivity contribution in [3.8, 4) is 0 Å². The molecule has 0 saturated heterocycles. The first-order chi connectivity index (χ1) is 12.9. The van der Waals surface area contributed by atoms with E-state index in [0.717, 1.165) is 0 Å². The molecule has 0 aliphatic carbocycles. The van der Waals surface area contributed by atoms with Gasteiger partial charge >= 0.3 is 0 Å². The van der Waals surface area contributed by atoms with E-state index >= 15 is 0 Å². The first-order valence-corrected chi connectivity index (χ1v) is 8.30. The summed E-state index contributed by atoms with van der Waals surface area (Å²) in [5.41, 5.74) is 1.71. The second-order valence-electron chi connectivity index (χ2n) is 6.10. The van der Waals surface area contributed by atoms with Crippen molar-refractivity contribution < 1.29 is 14.0 Å². The van der Waals surface area contributed by atoms with E-state index in [2.05, 4.69) is 5.32 Å². The molecule has 6 heteroatoms. The third-order valence-corrected chi connectivity index (χ3v) is 4.04. The average molecular weight is 364 g/mol. The van der Waals surface area contributed by atoms with Gasteiger partial charge in [0.25, 0.3) is 11.5 Å². The van der Waals surface area contributed by atoms with Crippen molar-refractivity contribution >= 4 is 17.4 Å². The Labute approximate surface area is 155 Å². The normalized spacial score (nSPS) is 10.4. The molecule has 2 aromatic carbocycles. The first kappa shape index (κ1) is 18.3. The molecule has 1 aromatic heterocycles. The number of hydrogen-bond acceptors (Lipinski definition) is 3. The number of aromatic nitrogens is 1. The van der Waals surface area contributed by atoms with Crippen molar-refractivity contribution in [2.45, 2.75) is 13.5 Å². The molecule has 0 aliphatic heterocycles. The van der Waals surface area contributed by atoms with Gasteiger partial charge in [-0.2, -0.15) is 0 Å². The van der Waals surface area contributed by atoms with Gasteiger partial charge in [-0.05, 0) is 55.0 Å². The number of pyridine rings is 1. The van der Waals surface area contributed by atoms with E-state index < -0.39 is 5.91 Å². The lowest BCUT2D eigenvalue weighted by Crippen LogP contribution is -2.22. The third-order valence-electron chi connectivity index (χ3n) is 4.04. The van der Waals surface area contributed by atoms with Crippen LogP contribution in [0.2, 0.25) is 0 Å². The molecule has 1 amide bonds. The summed E-state index contributed by atoms with van der Waals surface area (Å²) >= 11 is 0. The summed E-state index contributed by atoms with van der Waals surface area (Å²) in [5, 5.41) is 2.72. The van der Waals surface area contributed by atoms with Crippen molar-refractivity contribution in [2.75, 3.05) is 5.32 Å². The summed E-state index contributed by atoms with van der Waals surface area (Å²) in [6.45, 7) is 1.63. The van der Waals surface area contributed by atoms with Gasteiger partial charge in [0.15, 0.2) is 5.78 Å². The Kier molecular flexibility index (Phi) is 5.26. The molecule has 0 aliphatic rings.